The third-order valence-electron chi connectivity index (χ3n) is 3.25. The van der Waals surface area contributed by atoms with E-state index in [9.17, 15) is 0 Å². The highest BCUT2D eigenvalue weighted by Crippen LogP contribution is 2.21. The van der Waals surface area contributed by atoms with Crippen molar-refractivity contribution in [3.8, 4) is 11.3 Å². The summed E-state index contributed by atoms with van der Waals surface area (Å²) in [5, 5.41) is 17.8. The minimum atomic E-state index is 0.198. The van der Waals surface area contributed by atoms with E-state index < -0.39 is 0 Å². The Labute approximate surface area is 127 Å². The molecule has 2 N–H and O–H groups in total. The molecule has 1 atom stereocenters. The zero-order valence-corrected chi connectivity index (χ0v) is 12.8. The Morgan fingerprint density at radius 1 is 1.24 bits per heavy atom. The molecule has 0 fully saturated rings. The highest BCUT2D eigenvalue weighted by Gasteiger charge is 2.13. The van der Waals surface area contributed by atoms with Crippen LogP contribution in [0.15, 0.2) is 35.7 Å². The first-order valence-electron chi connectivity index (χ1n) is 6.84. The van der Waals surface area contributed by atoms with E-state index in [1.165, 1.54) is 0 Å². The predicted molar refractivity (Wildman–Crippen MR) is 83.9 cm³/mol. The van der Waals surface area contributed by atoms with Crippen LogP contribution in [0.3, 0.4) is 0 Å². The standard InChI is InChI=1S/C15H17N5S/c1-10-9-21-15(17-10)11(2)16-8-13-14(19-20-18-13)12-6-4-3-5-7-12/h3-7,9,11,16H,8H2,1-2H3,(H,18,19,20). The number of aromatic nitrogens is 4. The Balaban J connectivity index is 1.70. The summed E-state index contributed by atoms with van der Waals surface area (Å²) in [5.74, 6) is 0. The van der Waals surface area contributed by atoms with Crippen LogP contribution in [0, 0.1) is 6.92 Å². The van der Waals surface area contributed by atoms with Crippen molar-refractivity contribution in [3.63, 3.8) is 0 Å². The molecular formula is C15H17N5S. The first kappa shape index (κ1) is 13.9. The third-order valence-corrected chi connectivity index (χ3v) is 4.40. The SMILES string of the molecule is Cc1csc(C(C)NCc2n[nH]nc2-c2ccccc2)n1. The zero-order chi connectivity index (χ0) is 14.7. The maximum absolute atomic E-state index is 4.50. The molecule has 0 saturated carbocycles. The number of aromatic amines is 1. The van der Waals surface area contributed by atoms with Gasteiger partial charge in [-0.1, -0.05) is 30.3 Å². The van der Waals surface area contributed by atoms with Gasteiger partial charge in [-0.15, -0.1) is 11.3 Å². The minimum Gasteiger partial charge on any atom is -0.302 e. The Kier molecular flexibility index (Phi) is 4.08. The molecule has 5 nitrogen and oxygen atoms in total. The molecule has 1 unspecified atom stereocenters. The Morgan fingerprint density at radius 3 is 2.76 bits per heavy atom. The van der Waals surface area contributed by atoms with Gasteiger partial charge in [0.15, 0.2) is 0 Å². The zero-order valence-electron chi connectivity index (χ0n) is 12.0. The van der Waals surface area contributed by atoms with Crippen molar-refractivity contribution in [2.75, 3.05) is 0 Å². The number of H-pyrrole nitrogens is 1. The summed E-state index contributed by atoms with van der Waals surface area (Å²) >= 11 is 1.68. The normalized spacial score (nSPS) is 12.5. The van der Waals surface area contributed by atoms with Crippen LogP contribution in [0.4, 0.5) is 0 Å². The number of hydrogen-bond donors (Lipinski definition) is 2. The van der Waals surface area contributed by atoms with Gasteiger partial charge in [-0.2, -0.15) is 15.4 Å². The van der Waals surface area contributed by atoms with Crippen LogP contribution in [-0.4, -0.2) is 20.4 Å². The number of hydrogen-bond acceptors (Lipinski definition) is 5. The lowest BCUT2D eigenvalue weighted by atomic mass is 10.1. The molecule has 0 aliphatic carbocycles. The van der Waals surface area contributed by atoms with Crippen LogP contribution in [-0.2, 0) is 6.54 Å². The van der Waals surface area contributed by atoms with Gasteiger partial charge >= 0.3 is 0 Å². The van der Waals surface area contributed by atoms with Gasteiger partial charge in [0.25, 0.3) is 0 Å². The highest BCUT2D eigenvalue weighted by molar-refractivity contribution is 7.09. The number of benzene rings is 1. The highest BCUT2D eigenvalue weighted by atomic mass is 32.1. The van der Waals surface area contributed by atoms with Gasteiger partial charge in [-0.25, -0.2) is 4.98 Å². The maximum atomic E-state index is 4.50. The molecule has 0 bridgehead atoms. The lowest BCUT2D eigenvalue weighted by Gasteiger charge is -2.10. The van der Waals surface area contributed by atoms with E-state index in [0.717, 1.165) is 27.7 Å². The number of thiazole rings is 1. The molecule has 6 heteroatoms. The predicted octanol–water partition coefficient (Wildman–Crippen LogP) is 3.09. The first-order valence-corrected chi connectivity index (χ1v) is 7.72. The summed E-state index contributed by atoms with van der Waals surface area (Å²) < 4.78 is 0. The third kappa shape index (κ3) is 3.17. The van der Waals surface area contributed by atoms with E-state index >= 15 is 0 Å². The maximum Gasteiger partial charge on any atom is 0.117 e. The molecule has 2 aromatic heterocycles. The summed E-state index contributed by atoms with van der Waals surface area (Å²) in [5.41, 5.74) is 3.95. The summed E-state index contributed by atoms with van der Waals surface area (Å²) in [7, 11) is 0. The van der Waals surface area contributed by atoms with Crippen molar-refractivity contribution in [3.05, 3.63) is 52.1 Å². The van der Waals surface area contributed by atoms with Crippen LogP contribution >= 0.6 is 11.3 Å². The Bertz CT molecular complexity index is 704. The number of rotatable bonds is 5. The first-order chi connectivity index (χ1) is 10.2. The number of aryl methyl sites for hydroxylation is 1. The van der Waals surface area contributed by atoms with E-state index in [0.29, 0.717) is 6.54 Å². The van der Waals surface area contributed by atoms with Crippen LogP contribution in [0.1, 0.15) is 29.4 Å². The van der Waals surface area contributed by atoms with Gasteiger partial charge in [0, 0.05) is 23.2 Å². The van der Waals surface area contributed by atoms with Crippen molar-refractivity contribution in [1.82, 2.24) is 25.7 Å². The molecule has 1 aromatic carbocycles. The topological polar surface area (TPSA) is 66.5 Å². The fourth-order valence-corrected chi connectivity index (χ4v) is 2.94. The van der Waals surface area contributed by atoms with Crippen molar-refractivity contribution in [1.29, 1.82) is 0 Å². The largest absolute Gasteiger partial charge is 0.302 e. The average molecular weight is 299 g/mol. The van der Waals surface area contributed by atoms with Gasteiger partial charge < -0.3 is 5.32 Å². The number of nitrogens with zero attached hydrogens (tertiary/aromatic N) is 3. The van der Waals surface area contributed by atoms with Crippen LogP contribution in [0.25, 0.3) is 11.3 Å². The quantitative estimate of drug-likeness (QED) is 0.760. The molecule has 3 aromatic rings. The van der Waals surface area contributed by atoms with E-state index in [-0.39, 0.29) is 6.04 Å². The van der Waals surface area contributed by atoms with Crippen LogP contribution in [0.2, 0.25) is 0 Å². The van der Waals surface area contributed by atoms with Crippen LogP contribution < -0.4 is 5.32 Å². The van der Waals surface area contributed by atoms with E-state index in [2.05, 4.69) is 38.0 Å². The molecular weight excluding hydrogens is 282 g/mol. The van der Waals surface area contributed by atoms with Gasteiger partial charge in [-0.05, 0) is 13.8 Å². The van der Waals surface area contributed by atoms with Crippen molar-refractivity contribution >= 4 is 11.3 Å². The lowest BCUT2D eigenvalue weighted by Crippen LogP contribution is -2.18. The fourth-order valence-electron chi connectivity index (χ4n) is 2.11. The molecule has 21 heavy (non-hydrogen) atoms. The molecule has 0 radical (unpaired) electrons. The Morgan fingerprint density at radius 2 is 2.05 bits per heavy atom. The monoisotopic (exact) mass is 299 g/mol. The molecule has 3 rings (SSSR count). The lowest BCUT2D eigenvalue weighted by molar-refractivity contribution is 0.564. The average Bonchev–Trinajstić information content (AvgIpc) is 3.14. The summed E-state index contributed by atoms with van der Waals surface area (Å²) in [4.78, 5) is 4.50. The van der Waals surface area contributed by atoms with Gasteiger partial charge in [-0.3, -0.25) is 0 Å². The molecule has 0 aliphatic rings. The van der Waals surface area contributed by atoms with Crippen LogP contribution in [0.5, 0.6) is 0 Å². The van der Waals surface area contributed by atoms with Gasteiger partial charge in [0.05, 0.1) is 6.04 Å². The minimum absolute atomic E-state index is 0.198. The van der Waals surface area contributed by atoms with Gasteiger partial charge in [0.1, 0.15) is 16.4 Å². The Hall–Kier alpha value is -2.05. The second-order valence-corrected chi connectivity index (χ2v) is 5.80. The van der Waals surface area contributed by atoms with E-state index in [4.69, 9.17) is 0 Å². The molecule has 0 spiro atoms. The second kappa shape index (κ2) is 6.15. The molecule has 2 heterocycles. The number of nitrogens with one attached hydrogen (secondary N) is 2. The molecule has 0 aliphatic heterocycles. The van der Waals surface area contributed by atoms with Gasteiger partial charge in [0.2, 0.25) is 0 Å². The van der Waals surface area contributed by atoms with E-state index in [1.807, 2.05) is 37.3 Å². The summed E-state index contributed by atoms with van der Waals surface area (Å²) in [6, 6.07) is 10.3. The fraction of sp³-hybridized carbons (Fsp3) is 0.267. The van der Waals surface area contributed by atoms with Crippen molar-refractivity contribution < 1.29 is 0 Å². The summed E-state index contributed by atoms with van der Waals surface area (Å²) in [6.45, 7) is 4.78. The smallest absolute Gasteiger partial charge is 0.117 e. The molecule has 0 saturated heterocycles. The molecule has 108 valence electrons. The summed E-state index contributed by atoms with van der Waals surface area (Å²) in [6.07, 6.45) is 0. The molecule has 0 amide bonds. The van der Waals surface area contributed by atoms with Crippen molar-refractivity contribution in [2.45, 2.75) is 26.4 Å². The van der Waals surface area contributed by atoms with Crippen molar-refractivity contribution in [2.24, 2.45) is 0 Å². The van der Waals surface area contributed by atoms with E-state index in [1.54, 1.807) is 11.3 Å². The second-order valence-electron chi connectivity index (χ2n) is 4.91.